The van der Waals surface area contributed by atoms with E-state index in [1.165, 1.54) is 11.8 Å². The van der Waals surface area contributed by atoms with E-state index in [9.17, 15) is 4.79 Å². The molecule has 2 N–H and O–H groups in total. The lowest BCUT2D eigenvalue weighted by Gasteiger charge is -2.11. The Hall–Kier alpha value is -1.34. The predicted octanol–water partition coefficient (Wildman–Crippen LogP) is 2.79. The van der Waals surface area contributed by atoms with Crippen LogP contribution in [-0.4, -0.2) is 26.8 Å². The average molecular weight is 310 g/mol. The fourth-order valence-corrected chi connectivity index (χ4v) is 3.08. The molecule has 20 heavy (non-hydrogen) atoms. The number of rotatable bonds is 7. The Morgan fingerprint density at radius 3 is 3.15 bits per heavy atom. The van der Waals surface area contributed by atoms with Crippen molar-refractivity contribution in [2.75, 3.05) is 5.75 Å². The SMILES string of the molecule is CCCc1nc(SCC(=O)NC(C)c2cccs2)n[nH]1. The summed E-state index contributed by atoms with van der Waals surface area (Å²) >= 11 is 3.00. The van der Waals surface area contributed by atoms with E-state index in [1.54, 1.807) is 11.3 Å². The minimum atomic E-state index is -0.00209. The molecule has 108 valence electrons. The Morgan fingerprint density at radius 2 is 2.45 bits per heavy atom. The normalized spacial score (nSPS) is 12.3. The Kier molecular flexibility index (Phi) is 5.60. The molecular weight excluding hydrogens is 292 g/mol. The van der Waals surface area contributed by atoms with E-state index in [0.717, 1.165) is 23.5 Å². The summed E-state index contributed by atoms with van der Waals surface area (Å²) in [5.41, 5.74) is 0. The van der Waals surface area contributed by atoms with Gasteiger partial charge in [0.05, 0.1) is 11.8 Å². The molecule has 1 unspecified atom stereocenters. The summed E-state index contributed by atoms with van der Waals surface area (Å²) in [5.74, 6) is 1.21. The van der Waals surface area contributed by atoms with Crippen molar-refractivity contribution < 1.29 is 4.79 Å². The van der Waals surface area contributed by atoms with Crippen LogP contribution in [0.1, 0.15) is 37.0 Å². The monoisotopic (exact) mass is 310 g/mol. The molecule has 0 aliphatic heterocycles. The highest BCUT2D eigenvalue weighted by Gasteiger charge is 2.12. The molecule has 2 heterocycles. The van der Waals surface area contributed by atoms with Gasteiger partial charge in [0.15, 0.2) is 0 Å². The largest absolute Gasteiger partial charge is 0.348 e. The fraction of sp³-hybridized carbons (Fsp3) is 0.462. The second-order valence-electron chi connectivity index (χ2n) is 4.41. The maximum Gasteiger partial charge on any atom is 0.230 e. The number of hydrogen-bond donors (Lipinski definition) is 2. The third kappa shape index (κ3) is 4.35. The van der Waals surface area contributed by atoms with Crippen molar-refractivity contribution in [2.45, 2.75) is 37.9 Å². The molecular formula is C13H18N4OS2. The van der Waals surface area contributed by atoms with Gasteiger partial charge in [0.1, 0.15) is 5.82 Å². The van der Waals surface area contributed by atoms with Gasteiger partial charge in [0.2, 0.25) is 11.1 Å². The van der Waals surface area contributed by atoms with Gasteiger partial charge in [-0.05, 0) is 24.8 Å². The van der Waals surface area contributed by atoms with E-state index in [-0.39, 0.29) is 11.9 Å². The summed E-state index contributed by atoms with van der Waals surface area (Å²) in [7, 11) is 0. The van der Waals surface area contributed by atoms with Crippen molar-refractivity contribution in [2.24, 2.45) is 0 Å². The summed E-state index contributed by atoms with van der Waals surface area (Å²) in [6.45, 7) is 4.08. The molecule has 2 aromatic rings. The van der Waals surface area contributed by atoms with E-state index in [2.05, 4.69) is 27.4 Å². The highest BCUT2D eigenvalue weighted by atomic mass is 32.2. The lowest BCUT2D eigenvalue weighted by atomic mass is 10.3. The molecule has 0 saturated carbocycles. The van der Waals surface area contributed by atoms with Crippen molar-refractivity contribution >= 4 is 29.0 Å². The van der Waals surface area contributed by atoms with E-state index in [4.69, 9.17) is 0 Å². The maximum absolute atomic E-state index is 11.9. The van der Waals surface area contributed by atoms with E-state index < -0.39 is 0 Å². The third-order valence-electron chi connectivity index (χ3n) is 2.68. The minimum absolute atomic E-state index is 0.00209. The first-order valence-corrected chi connectivity index (χ1v) is 8.42. The van der Waals surface area contributed by atoms with E-state index in [0.29, 0.717) is 10.9 Å². The van der Waals surface area contributed by atoms with Gasteiger partial charge in [-0.1, -0.05) is 24.8 Å². The van der Waals surface area contributed by atoms with Crippen molar-refractivity contribution in [1.29, 1.82) is 0 Å². The number of nitrogens with one attached hydrogen (secondary N) is 2. The zero-order chi connectivity index (χ0) is 14.4. The van der Waals surface area contributed by atoms with Crippen LogP contribution in [0.2, 0.25) is 0 Å². The Bertz CT molecular complexity index is 538. The number of H-pyrrole nitrogens is 1. The molecule has 0 bridgehead atoms. The van der Waals surface area contributed by atoms with E-state index >= 15 is 0 Å². The minimum Gasteiger partial charge on any atom is -0.348 e. The number of amides is 1. The molecule has 7 heteroatoms. The number of aromatic amines is 1. The van der Waals surface area contributed by atoms with Gasteiger partial charge in [-0.15, -0.1) is 16.4 Å². The summed E-state index contributed by atoms with van der Waals surface area (Å²) in [6.07, 6.45) is 1.91. The lowest BCUT2D eigenvalue weighted by molar-refractivity contribution is -0.119. The predicted molar refractivity (Wildman–Crippen MR) is 82.0 cm³/mol. The number of hydrogen-bond acceptors (Lipinski definition) is 5. The van der Waals surface area contributed by atoms with Crippen LogP contribution in [0, 0.1) is 0 Å². The van der Waals surface area contributed by atoms with Gasteiger partial charge >= 0.3 is 0 Å². The number of carbonyl (C=O) groups is 1. The molecule has 2 aromatic heterocycles. The van der Waals surface area contributed by atoms with Gasteiger partial charge < -0.3 is 5.32 Å². The topological polar surface area (TPSA) is 70.7 Å². The van der Waals surface area contributed by atoms with Crippen molar-refractivity contribution in [1.82, 2.24) is 20.5 Å². The number of aromatic nitrogens is 3. The molecule has 2 rings (SSSR count). The van der Waals surface area contributed by atoms with Gasteiger partial charge in [0.25, 0.3) is 0 Å². The quantitative estimate of drug-likeness (QED) is 0.772. The molecule has 0 fully saturated rings. The highest BCUT2D eigenvalue weighted by molar-refractivity contribution is 7.99. The van der Waals surface area contributed by atoms with Crippen molar-refractivity contribution in [3.05, 3.63) is 28.2 Å². The molecule has 0 aliphatic carbocycles. The highest BCUT2D eigenvalue weighted by Crippen LogP contribution is 2.19. The summed E-state index contributed by atoms with van der Waals surface area (Å²) in [6, 6.07) is 4.06. The van der Waals surface area contributed by atoms with E-state index in [1.807, 2.05) is 24.4 Å². The second-order valence-corrected chi connectivity index (χ2v) is 6.33. The zero-order valence-corrected chi connectivity index (χ0v) is 13.2. The molecule has 5 nitrogen and oxygen atoms in total. The van der Waals surface area contributed by atoms with Crippen LogP contribution in [0.25, 0.3) is 0 Å². The number of thiophene rings is 1. The van der Waals surface area contributed by atoms with Crippen LogP contribution in [0.5, 0.6) is 0 Å². The number of nitrogens with zero attached hydrogens (tertiary/aromatic N) is 2. The van der Waals surface area contributed by atoms with Gasteiger partial charge in [0, 0.05) is 11.3 Å². The Balaban J connectivity index is 1.77. The smallest absolute Gasteiger partial charge is 0.230 e. The first kappa shape index (κ1) is 15.1. The molecule has 0 saturated heterocycles. The fourth-order valence-electron chi connectivity index (χ4n) is 1.71. The third-order valence-corrected chi connectivity index (χ3v) is 4.58. The molecule has 0 aliphatic rings. The van der Waals surface area contributed by atoms with Crippen LogP contribution in [0.3, 0.4) is 0 Å². The summed E-state index contributed by atoms with van der Waals surface area (Å²) in [5, 5.41) is 12.6. The van der Waals surface area contributed by atoms with Crippen molar-refractivity contribution in [3.8, 4) is 0 Å². The van der Waals surface area contributed by atoms with Crippen LogP contribution in [-0.2, 0) is 11.2 Å². The molecule has 0 radical (unpaired) electrons. The number of aryl methyl sites for hydroxylation is 1. The van der Waals surface area contributed by atoms with Gasteiger partial charge in [-0.3, -0.25) is 9.89 Å². The van der Waals surface area contributed by atoms with Gasteiger partial charge in [-0.25, -0.2) is 4.98 Å². The lowest BCUT2D eigenvalue weighted by Crippen LogP contribution is -2.27. The summed E-state index contributed by atoms with van der Waals surface area (Å²) in [4.78, 5) is 17.3. The maximum atomic E-state index is 11.9. The zero-order valence-electron chi connectivity index (χ0n) is 11.5. The standard InChI is InChI=1S/C13H18N4OS2/c1-3-5-11-15-13(17-16-11)20-8-12(18)14-9(2)10-6-4-7-19-10/h4,6-7,9H,3,5,8H2,1-2H3,(H,14,18)(H,15,16,17). The number of carbonyl (C=O) groups excluding carboxylic acids is 1. The van der Waals surface area contributed by atoms with Crippen LogP contribution < -0.4 is 5.32 Å². The molecule has 1 atom stereocenters. The van der Waals surface area contributed by atoms with Crippen LogP contribution in [0.4, 0.5) is 0 Å². The Labute approximate surface area is 126 Å². The van der Waals surface area contributed by atoms with Crippen molar-refractivity contribution in [3.63, 3.8) is 0 Å². The summed E-state index contributed by atoms with van der Waals surface area (Å²) < 4.78 is 0. The van der Waals surface area contributed by atoms with Crippen LogP contribution >= 0.6 is 23.1 Å². The first-order valence-electron chi connectivity index (χ1n) is 6.56. The molecule has 0 aromatic carbocycles. The van der Waals surface area contributed by atoms with Gasteiger partial charge in [-0.2, -0.15) is 0 Å². The molecule has 0 spiro atoms. The first-order chi connectivity index (χ1) is 9.69. The Morgan fingerprint density at radius 1 is 1.60 bits per heavy atom. The number of thioether (sulfide) groups is 1. The molecule has 1 amide bonds. The van der Waals surface area contributed by atoms with Crippen LogP contribution in [0.15, 0.2) is 22.7 Å². The second kappa shape index (κ2) is 7.44. The average Bonchev–Trinajstić information content (AvgIpc) is 3.08.